The molecule has 0 saturated heterocycles. The Bertz CT molecular complexity index is 849. The zero-order valence-electron chi connectivity index (χ0n) is 14.5. The molecule has 2 aromatic carbocycles. The minimum atomic E-state index is -0.801. The van der Waals surface area contributed by atoms with Crippen LogP contribution in [0, 0.1) is 0 Å². The molecule has 1 aliphatic heterocycles. The molecule has 1 atom stereocenters. The highest BCUT2D eigenvalue weighted by Gasteiger charge is 2.27. The van der Waals surface area contributed by atoms with Gasteiger partial charge >= 0.3 is 0 Å². The van der Waals surface area contributed by atoms with E-state index in [4.69, 9.17) is 9.47 Å². The molecular formula is C20H19N3O4. The molecule has 7 nitrogen and oxygen atoms in total. The van der Waals surface area contributed by atoms with Gasteiger partial charge in [0.2, 0.25) is 6.10 Å². The van der Waals surface area contributed by atoms with E-state index in [0.29, 0.717) is 11.5 Å². The molecule has 1 aliphatic rings. The normalized spacial score (nSPS) is 15.6. The Kier molecular flexibility index (Phi) is 6.19. The number of benzene rings is 2. The van der Waals surface area contributed by atoms with Gasteiger partial charge in [-0.3, -0.25) is 9.59 Å². The Morgan fingerprint density at radius 1 is 1.07 bits per heavy atom. The van der Waals surface area contributed by atoms with Crippen LogP contribution < -0.4 is 20.2 Å². The minimum Gasteiger partial charge on any atom is -0.485 e. The molecular weight excluding hydrogens is 346 g/mol. The van der Waals surface area contributed by atoms with Crippen LogP contribution in [0.15, 0.2) is 65.8 Å². The number of ether oxygens (including phenoxy) is 2. The molecule has 0 bridgehead atoms. The number of amides is 2. The first-order valence-electron chi connectivity index (χ1n) is 8.42. The summed E-state index contributed by atoms with van der Waals surface area (Å²) in [5, 5.41) is 6.29. The fourth-order valence-electron chi connectivity index (χ4n) is 2.34. The van der Waals surface area contributed by atoms with Gasteiger partial charge in [-0.05, 0) is 23.8 Å². The van der Waals surface area contributed by atoms with Crippen LogP contribution in [-0.2, 0) is 9.59 Å². The smallest absolute Gasteiger partial charge is 0.265 e. The highest BCUT2D eigenvalue weighted by atomic mass is 16.6. The van der Waals surface area contributed by atoms with Crippen LogP contribution in [0.3, 0.4) is 0 Å². The lowest BCUT2D eigenvalue weighted by molar-refractivity contribution is -0.132. The van der Waals surface area contributed by atoms with Crippen molar-refractivity contribution in [2.24, 2.45) is 5.10 Å². The van der Waals surface area contributed by atoms with Gasteiger partial charge in [-0.2, -0.15) is 5.10 Å². The first-order valence-corrected chi connectivity index (χ1v) is 8.42. The molecule has 0 aromatic heterocycles. The van der Waals surface area contributed by atoms with Gasteiger partial charge in [-0.25, -0.2) is 5.43 Å². The van der Waals surface area contributed by atoms with Gasteiger partial charge in [0.1, 0.15) is 6.61 Å². The van der Waals surface area contributed by atoms with Gasteiger partial charge in [0.15, 0.2) is 11.5 Å². The molecule has 0 saturated carbocycles. The fraction of sp³-hybridized carbons (Fsp3) is 0.150. The summed E-state index contributed by atoms with van der Waals surface area (Å²) in [5.41, 5.74) is 3.36. The first-order chi connectivity index (χ1) is 13.2. The first kappa shape index (κ1) is 18.2. The van der Waals surface area contributed by atoms with Gasteiger partial charge < -0.3 is 14.8 Å². The maximum Gasteiger partial charge on any atom is 0.265 e. The number of hydrazone groups is 1. The van der Waals surface area contributed by atoms with E-state index in [1.807, 2.05) is 42.5 Å². The number of hydrogen-bond donors (Lipinski definition) is 2. The van der Waals surface area contributed by atoms with Crippen molar-refractivity contribution in [3.8, 4) is 11.5 Å². The lowest BCUT2D eigenvalue weighted by atomic mass is 10.2. The number of carbonyl (C=O) groups is 2. The molecule has 0 radical (unpaired) electrons. The van der Waals surface area contributed by atoms with Crippen molar-refractivity contribution in [2.75, 3.05) is 13.2 Å². The number of hydrogen-bond acceptors (Lipinski definition) is 5. The topological polar surface area (TPSA) is 89.0 Å². The number of para-hydroxylation sites is 2. The summed E-state index contributed by atoms with van der Waals surface area (Å²) >= 11 is 0. The predicted molar refractivity (Wildman–Crippen MR) is 101 cm³/mol. The van der Waals surface area contributed by atoms with E-state index in [1.54, 1.807) is 24.3 Å². The third kappa shape index (κ3) is 5.43. The van der Waals surface area contributed by atoms with Crippen molar-refractivity contribution in [3.63, 3.8) is 0 Å². The van der Waals surface area contributed by atoms with Gasteiger partial charge in [0.05, 0.1) is 6.54 Å². The number of allylic oxidation sites excluding steroid dienone is 1. The highest BCUT2D eigenvalue weighted by molar-refractivity contribution is 5.88. The second kappa shape index (κ2) is 9.19. The summed E-state index contributed by atoms with van der Waals surface area (Å²) in [7, 11) is 0. The largest absolute Gasteiger partial charge is 0.485 e. The molecule has 0 fully saturated rings. The monoisotopic (exact) mass is 365 g/mol. The van der Waals surface area contributed by atoms with Crippen LogP contribution in [0.2, 0.25) is 0 Å². The van der Waals surface area contributed by atoms with Gasteiger partial charge in [-0.15, -0.1) is 0 Å². The Labute approximate surface area is 156 Å². The zero-order chi connectivity index (χ0) is 18.9. The number of nitrogens with one attached hydrogen (secondary N) is 2. The van der Waals surface area contributed by atoms with E-state index >= 15 is 0 Å². The maximum absolute atomic E-state index is 12.1. The van der Waals surface area contributed by atoms with Crippen LogP contribution in [0.4, 0.5) is 0 Å². The number of rotatable bonds is 6. The van der Waals surface area contributed by atoms with Crippen LogP contribution in [0.25, 0.3) is 6.08 Å². The highest BCUT2D eigenvalue weighted by Crippen LogP contribution is 2.30. The van der Waals surface area contributed by atoms with E-state index in [9.17, 15) is 9.59 Å². The number of carbonyl (C=O) groups excluding carboxylic acids is 2. The molecule has 3 rings (SSSR count). The summed E-state index contributed by atoms with van der Waals surface area (Å²) < 4.78 is 11.0. The molecule has 2 aromatic rings. The molecule has 0 aliphatic carbocycles. The lowest BCUT2D eigenvalue weighted by Gasteiger charge is -2.25. The molecule has 138 valence electrons. The standard InChI is InChI=1S/C20H19N3O4/c24-19(23-22-12-6-9-15-7-2-1-3-8-15)13-21-20(25)18-14-26-16-10-4-5-11-17(16)27-18/h1-12,18H,13-14H2,(H,21,25)(H,23,24). The summed E-state index contributed by atoms with van der Waals surface area (Å²) in [4.78, 5) is 23.8. The molecule has 1 unspecified atom stereocenters. The summed E-state index contributed by atoms with van der Waals surface area (Å²) in [6, 6.07) is 16.8. The minimum absolute atomic E-state index is 0.0902. The number of nitrogens with zero attached hydrogens (tertiary/aromatic N) is 1. The molecule has 7 heteroatoms. The van der Waals surface area contributed by atoms with Crippen molar-refractivity contribution < 1.29 is 19.1 Å². The van der Waals surface area contributed by atoms with Crippen LogP contribution >= 0.6 is 0 Å². The molecule has 2 amide bonds. The molecule has 27 heavy (non-hydrogen) atoms. The average molecular weight is 365 g/mol. The fourth-order valence-corrected chi connectivity index (χ4v) is 2.34. The Morgan fingerprint density at radius 3 is 2.63 bits per heavy atom. The van der Waals surface area contributed by atoms with E-state index in [1.165, 1.54) is 6.21 Å². The van der Waals surface area contributed by atoms with Crippen molar-refractivity contribution in [3.05, 3.63) is 66.2 Å². The number of fused-ring (bicyclic) bond motifs is 1. The Balaban J connectivity index is 1.38. The Morgan fingerprint density at radius 2 is 1.81 bits per heavy atom. The lowest BCUT2D eigenvalue weighted by Crippen LogP contribution is -2.46. The van der Waals surface area contributed by atoms with E-state index in [2.05, 4.69) is 15.8 Å². The van der Waals surface area contributed by atoms with E-state index in [0.717, 1.165) is 5.56 Å². The second-order valence-electron chi connectivity index (χ2n) is 5.66. The third-order valence-corrected chi connectivity index (χ3v) is 3.66. The van der Waals surface area contributed by atoms with Gasteiger partial charge in [-0.1, -0.05) is 48.5 Å². The van der Waals surface area contributed by atoms with Gasteiger partial charge in [0.25, 0.3) is 11.8 Å². The average Bonchev–Trinajstić information content (AvgIpc) is 2.72. The molecule has 0 spiro atoms. The van der Waals surface area contributed by atoms with Crippen molar-refractivity contribution in [1.29, 1.82) is 0 Å². The maximum atomic E-state index is 12.1. The molecule has 1 heterocycles. The van der Waals surface area contributed by atoms with Crippen LogP contribution in [0.1, 0.15) is 5.56 Å². The summed E-state index contributed by atoms with van der Waals surface area (Å²) in [5.74, 6) is 0.234. The van der Waals surface area contributed by atoms with Gasteiger partial charge in [0, 0.05) is 6.21 Å². The van der Waals surface area contributed by atoms with Crippen LogP contribution in [-0.4, -0.2) is 37.3 Å². The van der Waals surface area contributed by atoms with Crippen molar-refractivity contribution in [2.45, 2.75) is 6.10 Å². The van der Waals surface area contributed by atoms with Crippen LogP contribution in [0.5, 0.6) is 11.5 Å². The quantitative estimate of drug-likeness (QED) is 0.603. The second-order valence-corrected chi connectivity index (χ2v) is 5.66. The molecule has 2 N–H and O–H groups in total. The zero-order valence-corrected chi connectivity index (χ0v) is 14.5. The summed E-state index contributed by atoms with van der Waals surface area (Å²) in [6.07, 6.45) is 4.22. The summed E-state index contributed by atoms with van der Waals surface area (Å²) in [6.45, 7) is -0.118. The van der Waals surface area contributed by atoms with E-state index in [-0.39, 0.29) is 13.2 Å². The third-order valence-electron chi connectivity index (χ3n) is 3.66. The predicted octanol–water partition coefficient (Wildman–Crippen LogP) is 1.76. The van der Waals surface area contributed by atoms with Crippen molar-refractivity contribution in [1.82, 2.24) is 10.7 Å². The van der Waals surface area contributed by atoms with Crippen molar-refractivity contribution >= 4 is 24.1 Å². The SMILES string of the molecule is O=C(CNC(=O)C1COc2ccccc2O1)NN=CC=Cc1ccccc1. The van der Waals surface area contributed by atoms with E-state index < -0.39 is 17.9 Å². The Hall–Kier alpha value is -3.61.